The third kappa shape index (κ3) is 4.57. The minimum atomic E-state index is 0.446. The van der Waals surface area contributed by atoms with Crippen molar-refractivity contribution in [2.24, 2.45) is 11.8 Å². The Morgan fingerprint density at radius 1 is 1.20 bits per heavy atom. The second kappa shape index (κ2) is 8.16. The summed E-state index contributed by atoms with van der Waals surface area (Å²) in [5.41, 5.74) is 1.61. The number of piperidine rings is 1. The van der Waals surface area contributed by atoms with Crippen LogP contribution in [-0.4, -0.2) is 51.0 Å². The molecule has 2 rings (SSSR count). The van der Waals surface area contributed by atoms with E-state index >= 15 is 0 Å². The van der Waals surface area contributed by atoms with Gasteiger partial charge in [0.15, 0.2) is 0 Å². The summed E-state index contributed by atoms with van der Waals surface area (Å²) in [6.45, 7) is 9.81. The van der Waals surface area contributed by atoms with E-state index in [1.54, 1.807) is 12.7 Å². The van der Waals surface area contributed by atoms with Crippen molar-refractivity contribution >= 4 is 0 Å². The second-order valence-electron chi connectivity index (χ2n) is 6.47. The van der Waals surface area contributed by atoms with E-state index in [0.717, 1.165) is 18.4 Å². The van der Waals surface area contributed by atoms with E-state index in [2.05, 4.69) is 24.8 Å². The molecule has 0 aromatic rings. The fourth-order valence-electron chi connectivity index (χ4n) is 3.53. The standard InChI is InChI=1S/C17H31NO2/c1-14-5-4-6-15(2)17(14)13-18-9-7-16(8-10-18)20-12-11-19-3/h5,15-17H,4,6-13H2,1-3H3/t15-,17-/m0/s1. The Balaban J connectivity index is 1.71. The van der Waals surface area contributed by atoms with Gasteiger partial charge in [-0.15, -0.1) is 0 Å². The summed E-state index contributed by atoms with van der Waals surface area (Å²) in [6, 6.07) is 0. The predicted molar refractivity (Wildman–Crippen MR) is 82.9 cm³/mol. The number of likely N-dealkylation sites (tertiary alicyclic amines) is 1. The van der Waals surface area contributed by atoms with Crippen LogP contribution in [0.3, 0.4) is 0 Å². The Hall–Kier alpha value is -0.380. The van der Waals surface area contributed by atoms with Crippen LogP contribution in [0.15, 0.2) is 11.6 Å². The lowest BCUT2D eigenvalue weighted by Gasteiger charge is -2.37. The topological polar surface area (TPSA) is 21.7 Å². The molecule has 116 valence electrons. The molecule has 0 unspecified atom stereocenters. The number of rotatable bonds is 6. The summed E-state index contributed by atoms with van der Waals surface area (Å²) in [7, 11) is 1.73. The third-order valence-corrected chi connectivity index (χ3v) is 4.99. The fraction of sp³-hybridized carbons (Fsp3) is 0.882. The zero-order valence-corrected chi connectivity index (χ0v) is 13.4. The monoisotopic (exact) mass is 281 g/mol. The van der Waals surface area contributed by atoms with Crippen molar-refractivity contribution in [3.05, 3.63) is 11.6 Å². The molecule has 2 aliphatic rings. The molecule has 3 nitrogen and oxygen atoms in total. The molecule has 0 bridgehead atoms. The van der Waals surface area contributed by atoms with E-state index in [-0.39, 0.29) is 0 Å². The van der Waals surface area contributed by atoms with Gasteiger partial charge in [-0.05, 0) is 44.4 Å². The van der Waals surface area contributed by atoms with E-state index in [1.165, 1.54) is 45.3 Å². The van der Waals surface area contributed by atoms with Gasteiger partial charge in [0, 0.05) is 26.7 Å². The van der Waals surface area contributed by atoms with E-state index < -0.39 is 0 Å². The molecule has 0 radical (unpaired) electrons. The lowest BCUT2D eigenvalue weighted by Crippen LogP contribution is -2.41. The minimum absolute atomic E-state index is 0.446. The van der Waals surface area contributed by atoms with Crippen LogP contribution < -0.4 is 0 Å². The van der Waals surface area contributed by atoms with Crippen LogP contribution in [0.1, 0.15) is 39.5 Å². The van der Waals surface area contributed by atoms with Crippen LogP contribution in [0.5, 0.6) is 0 Å². The molecule has 0 aromatic carbocycles. The van der Waals surface area contributed by atoms with E-state index in [9.17, 15) is 0 Å². The number of allylic oxidation sites excluding steroid dienone is 1. The van der Waals surface area contributed by atoms with Crippen molar-refractivity contribution < 1.29 is 9.47 Å². The molecule has 1 aliphatic carbocycles. The normalized spacial score (nSPS) is 29.4. The molecule has 1 fully saturated rings. The maximum absolute atomic E-state index is 5.84. The number of nitrogens with zero attached hydrogens (tertiary/aromatic N) is 1. The molecule has 0 N–H and O–H groups in total. The van der Waals surface area contributed by atoms with E-state index in [0.29, 0.717) is 12.7 Å². The van der Waals surface area contributed by atoms with E-state index in [1.807, 2.05) is 0 Å². The largest absolute Gasteiger partial charge is 0.382 e. The van der Waals surface area contributed by atoms with Gasteiger partial charge in [-0.25, -0.2) is 0 Å². The Labute approximate surface area is 124 Å². The molecule has 2 atom stereocenters. The average Bonchev–Trinajstić information content (AvgIpc) is 2.45. The van der Waals surface area contributed by atoms with Crippen LogP contribution in [0.25, 0.3) is 0 Å². The molecule has 0 saturated carbocycles. The molecule has 1 heterocycles. The van der Waals surface area contributed by atoms with Crippen LogP contribution in [0, 0.1) is 11.8 Å². The zero-order valence-electron chi connectivity index (χ0n) is 13.4. The highest BCUT2D eigenvalue weighted by Crippen LogP contribution is 2.31. The molecule has 0 amide bonds. The van der Waals surface area contributed by atoms with Crippen molar-refractivity contribution in [2.75, 3.05) is 40.0 Å². The first-order valence-corrected chi connectivity index (χ1v) is 8.20. The molecule has 0 spiro atoms. The van der Waals surface area contributed by atoms with Crippen molar-refractivity contribution in [1.29, 1.82) is 0 Å². The van der Waals surface area contributed by atoms with Gasteiger partial charge in [-0.3, -0.25) is 0 Å². The van der Waals surface area contributed by atoms with Crippen molar-refractivity contribution in [1.82, 2.24) is 4.90 Å². The highest BCUT2D eigenvalue weighted by Gasteiger charge is 2.27. The Bertz CT molecular complexity index is 308. The molecule has 3 heteroatoms. The van der Waals surface area contributed by atoms with Crippen LogP contribution >= 0.6 is 0 Å². The van der Waals surface area contributed by atoms with Gasteiger partial charge in [-0.1, -0.05) is 18.6 Å². The molecular weight excluding hydrogens is 250 g/mol. The van der Waals surface area contributed by atoms with Crippen molar-refractivity contribution in [3.63, 3.8) is 0 Å². The van der Waals surface area contributed by atoms with Crippen molar-refractivity contribution in [3.8, 4) is 0 Å². The third-order valence-electron chi connectivity index (χ3n) is 4.99. The summed E-state index contributed by atoms with van der Waals surface area (Å²) >= 11 is 0. The van der Waals surface area contributed by atoms with Gasteiger partial charge in [0.1, 0.15) is 0 Å². The minimum Gasteiger partial charge on any atom is -0.382 e. The summed E-state index contributed by atoms with van der Waals surface area (Å²) < 4.78 is 10.9. The first kappa shape index (κ1) is 16.0. The lowest BCUT2D eigenvalue weighted by atomic mass is 9.79. The average molecular weight is 281 g/mol. The van der Waals surface area contributed by atoms with Gasteiger partial charge in [0.05, 0.1) is 19.3 Å². The highest BCUT2D eigenvalue weighted by atomic mass is 16.5. The summed E-state index contributed by atoms with van der Waals surface area (Å²) in [5, 5.41) is 0. The maximum Gasteiger partial charge on any atom is 0.0704 e. The van der Waals surface area contributed by atoms with Gasteiger partial charge in [-0.2, -0.15) is 0 Å². The number of methoxy groups -OCH3 is 1. The molecule has 1 aliphatic heterocycles. The van der Waals surface area contributed by atoms with Gasteiger partial charge in [0.2, 0.25) is 0 Å². The van der Waals surface area contributed by atoms with Gasteiger partial charge in [0.25, 0.3) is 0 Å². The number of hydrogen-bond acceptors (Lipinski definition) is 3. The van der Waals surface area contributed by atoms with Gasteiger partial charge < -0.3 is 14.4 Å². The lowest BCUT2D eigenvalue weighted by molar-refractivity contribution is -0.0170. The summed E-state index contributed by atoms with van der Waals surface area (Å²) in [4.78, 5) is 2.64. The Kier molecular flexibility index (Phi) is 6.53. The number of hydrogen-bond donors (Lipinski definition) is 0. The quantitative estimate of drug-likeness (QED) is 0.551. The van der Waals surface area contributed by atoms with Gasteiger partial charge >= 0.3 is 0 Å². The Morgan fingerprint density at radius 3 is 2.60 bits per heavy atom. The van der Waals surface area contributed by atoms with Crippen molar-refractivity contribution in [2.45, 2.75) is 45.6 Å². The van der Waals surface area contributed by atoms with E-state index in [4.69, 9.17) is 9.47 Å². The summed E-state index contributed by atoms with van der Waals surface area (Å²) in [6.07, 6.45) is 7.88. The summed E-state index contributed by atoms with van der Waals surface area (Å²) in [5.74, 6) is 1.62. The SMILES string of the molecule is COCCOC1CCN(C[C@H]2C(C)=CCC[C@@H]2C)CC1. The zero-order chi connectivity index (χ0) is 14.4. The second-order valence-corrected chi connectivity index (χ2v) is 6.47. The number of ether oxygens (including phenoxy) is 2. The first-order valence-electron chi connectivity index (χ1n) is 8.20. The van der Waals surface area contributed by atoms with Crippen LogP contribution in [-0.2, 0) is 9.47 Å². The molecule has 1 saturated heterocycles. The Morgan fingerprint density at radius 2 is 1.95 bits per heavy atom. The molecule has 20 heavy (non-hydrogen) atoms. The maximum atomic E-state index is 5.84. The highest BCUT2D eigenvalue weighted by molar-refractivity contribution is 5.09. The first-order chi connectivity index (χ1) is 9.70. The van der Waals surface area contributed by atoms with Crippen LogP contribution in [0.4, 0.5) is 0 Å². The van der Waals surface area contributed by atoms with Crippen LogP contribution in [0.2, 0.25) is 0 Å². The molecule has 0 aromatic heterocycles. The predicted octanol–water partition coefficient (Wildman–Crippen LogP) is 3.11. The smallest absolute Gasteiger partial charge is 0.0704 e. The molecular formula is C17H31NO2. The fourth-order valence-corrected chi connectivity index (χ4v) is 3.53.